The van der Waals surface area contributed by atoms with E-state index in [1.54, 1.807) is 4.90 Å². The smallest absolute Gasteiger partial charge is 0.293 e. The van der Waals surface area contributed by atoms with E-state index in [2.05, 4.69) is 0 Å². The van der Waals surface area contributed by atoms with Crippen LogP contribution < -0.4 is 4.90 Å². The molecule has 0 bridgehead atoms. The molecule has 3 nitrogen and oxygen atoms in total. The van der Waals surface area contributed by atoms with Gasteiger partial charge in [-0.1, -0.05) is 90.5 Å². The van der Waals surface area contributed by atoms with Crippen LogP contribution in [0.15, 0.2) is 102 Å². The SMILES string of the molecule is Cc1ccc(N2C(=O)C(O)=C(C/C=C/c3ccccc3)C2c2ccccc2)cc1. The molecule has 1 N–H and O–H groups in total. The van der Waals surface area contributed by atoms with Crippen LogP contribution in [0.25, 0.3) is 6.08 Å². The topological polar surface area (TPSA) is 40.5 Å². The van der Waals surface area contributed by atoms with Crippen molar-refractivity contribution in [2.75, 3.05) is 4.90 Å². The molecule has 1 aliphatic heterocycles. The summed E-state index contributed by atoms with van der Waals surface area (Å²) in [6, 6.07) is 27.4. The number of hydrogen-bond donors (Lipinski definition) is 1. The standard InChI is InChI=1S/C26H23NO2/c1-19-15-17-22(18-16-19)27-24(21-12-6-3-7-13-21)23(25(28)26(27)29)14-8-11-20-9-4-2-5-10-20/h2-13,15-18,24,28H,14H2,1H3/b11-8+. The van der Waals surface area contributed by atoms with Crippen LogP contribution in [0.4, 0.5) is 5.69 Å². The van der Waals surface area contributed by atoms with Gasteiger partial charge in [-0.3, -0.25) is 9.69 Å². The van der Waals surface area contributed by atoms with E-state index in [0.29, 0.717) is 12.0 Å². The Morgan fingerprint density at radius 1 is 0.897 bits per heavy atom. The van der Waals surface area contributed by atoms with E-state index >= 15 is 0 Å². The van der Waals surface area contributed by atoms with Crippen molar-refractivity contribution in [1.82, 2.24) is 0 Å². The first kappa shape index (κ1) is 18.8. The molecule has 1 aliphatic rings. The molecule has 4 rings (SSSR count). The van der Waals surface area contributed by atoms with Crippen molar-refractivity contribution in [3.63, 3.8) is 0 Å². The zero-order valence-electron chi connectivity index (χ0n) is 16.3. The van der Waals surface area contributed by atoms with Crippen molar-refractivity contribution >= 4 is 17.7 Å². The largest absolute Gasteiger partial charge is 0.503 e. The minimum absolute atomic E-state index is 0.155. The van der Waals surface area contributed by atoms with Gasteiger partial charge < -0.3 is 5.11 Å². The second-order valence-corrected chi connectivity index (χ2v) is 7.21. The lowest BCUT2D eigenvalue weighted by Crippen LogP contribution is -2.30. The summed E-state index contributed by atoms with van der Waals surface area (Å²) in [5, 5.41) is 10.7. The summed E-state index contributed by atoms with van der Waals surface area (Å²) >= 11 is 0. The van der Waals surface area contributed by atoms with Crippen molar-refractivity contribution in [2.24, 2.45) is 0 Å². The molecule has 0 saturated heterocycles. The Hall–Kier alpha value is -3.59. The number of hydrogen-bond acceptors (Lipinski definition) is 2. The van der Waals surface area contributed by atoms with Crippen LogP contribution >= 0.6 is 0 Å². The van der Waals surface area contributed by atoms with Gasteiger partial charge in [0.05, 0.1) is 6.04 Å². The molecule has 0 aromatic heterocycles. The Labute approximate surface area is 171 Å². The molecule has 3 aromatic carbocycles. The van der Waals surface area contributed by atoms with Gasteiger partial charge in [0.1, 0.15) is 0 Å². The molecule has 3 heteroatoms. The molecule has 1 heterocycles. The lowest BCUT2D eigenvalue weighted by atomic mass is 9.96. The molecule has 0 radical (unpaired) electrons. The monoisotopic (exact) mass is 381 g/mol. The van der Waals surface area contributed by atoms with Gasteiger partial charge in [-0.15, -0.1) is 0 Å². The van der Waals surface area contributed by atoms with Crippen LogP contribution in [-0.4, -0.2) is 11.0 Å². The number of anilines is 1. The highest BCUT2D eigenvalue weighted by Gasteiger charge is 2.40. The molecule has 0 fully saturated rings. The minimum Gasteiger partial charge on any atom is -0.503 e. The van der Waals surface area contributed by atoms with Crippen molar-refractivity contribution in [1.29, 1.82) is 0 Å². The van der Waals surface area contributed by atoms with Crippen LogP contribution in [0.1, 0.15) is 29.2 Å². The molecular weight excluding hydrogens is 358 g/mol. The highest BCUT2D eigenvalue weighted by molar-refractivity contribution is 6.08. The Morgan fingerprint density at radius 2 is 1.52 bits per heavy atom. The van der Waals surface area contributed by atoms with E-state index in [4.69, 9.17) is 0 Å². The Morgan fingerprint density at radius 3 is 2.17 bits per heavy atom. The summed E-state index contributed by atoms with van der Waals surface area (Å²) in [7, 11) is 0. The molecule has 0 spiro atoms. The molecule has 3 aromatic rings. The maximum Gasteiger partial charge on any atom is 0.293 e. The average molecular weight is 381 g/mol. The zero-order chi connectivity index (χ0) is 20.2. The van der Waals surface area contributed by atoms with Gasteiger partial charge in [0.15, 0.2) is 5.76 Å². The van der Waals surface area contributed by atoms with Crippen LogP contribution in [0, 0.1) is 6.92 Å². The number of benzene rings is 3. The third kappa shape index (κ3) is 3.85. The molecular formula is C26H23NO2. The second-order valence-electron chi connectivity index (χ2n) is 7.21. The third-order valence-electron chi connectivity index (χ3n) is 5.19. The van der Waals surface area contributed by atoms with Crippen molar-refractivity contribution in [2.45, 2.75) is 19.4 Å². The Bertz CT molecular complexity index is 1050. The molecule has 0 saturated carbocycles. The molecule has 1 unspecified atom stereocenters. The maximum absolute atomic E-state index is 13.0. The van der Waals surface area contributed by atoms with Crippen molar-refractivity contribution in [3.8, 4) is 0 Å². The first-order valence-corrected chi connectivity index (χ1v) is 9.74. The highest BCUT2D eigenvalue weighted by atomic mass is 16.3. The fourth-order valence-corrected chi connectivity index (χ4v) is 3.71. The molecule has 1 amide bonds. The lowest BCUT2D eigenvalue weighted by molar-refractivity contribution is -0.117. The van der Waals surface area contributed by atoms with Crippen molar-refractivity contribution in [3.05, 3.63) is 119 Å². The number of carbonyl (C=O) groups excluding carboxylic acids is 1. The first-order chi connectivity index (χ1) is 14.1. The highest BCUT2D eigenvalue weighted by Crippen LogP contribution is 2.42. The fourth-order valence-electron chi connectivity index (χ4n) is 3.71. The fraction of sp³-hybridized carbons (Fsp3) is 0.115. The van der Waals surface area contributed by atoms with E-state index in [9.17, 15) is 9.90 Å². The van der Waals surface area contributed by atoms with E-state index < -0.39 is 0 Å². The summed E-state index contributed by atoms with van der Waals surface area (Å²) in [6.07, 6.45) is 4.51. The van der Waals surface area contributed by atoms with Crippen LogP contribution in [0.2, 0.25) is 0 Å². The predicted octanol–water partition coefficient (Wildman–Crippen LogP) is 6.00. The Kier molecular flexibility index (Phi) is 5.30. The van der Waals surface area contributed by atoms with Gasteiger partial charge in [-0.2, -0.15) is 0 Å². The van der Waals surface area contributed by atoms with Gasteiger partial charge in [0, 0.05) is 11.3 Å². The summed E-state index contributed by atoms with van der Waals surface area (Å²) in [6.45, 7) is 2.01. The summed E-state index contributed by atoms with van der Waals surface area (Å²) in [5.41, 5.74) is 4.69. The van der Waals surface area contributed by atoms with E-state index in [-0.39, 0.29) is 17.7 Å². The second kappa shape index (κ2) is 8.19. The van der Waals surface area contributed by atoms with Gasteiger partial charge in [0.25, 0.3) is 5.91 Å². The summed E-state index contributed by atoms with van der Waals surface area (Å²) in [4.78, 5) is 14.7. The number of aliphatic hydroxyl groups excluding tert-OH is 1. The number of amides is 1. The molecule has 1 atom stereocenters. The number of aryl methyl sites for hydroxylation is 1. The van der Waals surface area contributed by atoms with E-state index in [0.717, 1.165) is 22.4 Å². The maximum atomic E-state index is 13.0. The Balaban J connectivity index is 1.71. The lowest BCUT2D eigenvalue weighted by Gasteiger charge is -2.27. The van der Waals surface area contributed by atoms with Crippen LogP contribution in [0.5, 0.6) is 0 Å². The number of allylic oxidation sites excluding steroid dienone is 1. The number of nitrogens with zero attached hydrogens (tertiary/aromatic N) is 1. The third-order valence-corrected chi connectivity index (χ3v) is 5.19. The van der Waals surface area contributed by atoms with Gasteiger partial charge in [-0.25, -0.2) is 0 Å². The first-order valence-electron chi connectivity index (χ1n) is 9.74. The predicted molar refractivity (Wildman–Crippen MR) is 118 cm³/mol. The summed E-state index contributed by atoms with van der Waals surface area (Å²) in [5.74, 6) is -0.511. The minimum atomic E-state index is -0.356. The summed E-state index contributed by atoms with van der Waals surface area (Å²) < 4.78 is 0. The van der Waals surface area contributed by atoms with E-state index in [1.165, 1.54) is 0 Å². The van der Waals surface area contributed by atoms with E-state index in [1.807, 2.05) is 104 Å². The molecule has 29 heavy (non-hydrogen) atoms. The van der Waals surface area contributed by atoms with Gasteiger partial charge in [0.2, 0.25) is 0 Å². The van der Waals surface area contributed by atoms with Crippen LogP contribution in [0.3, 0.4) is 0 Å². The van der Waals surface area contributed by atoms with Gasteiger partial charge >= 0.3 is 0 Å². The van der Waals surface area contributed by atoms with Crippen molar-refractivity contribution < 1.29 is 9.90 Å². The average Bonchev–Trinajstić information content (AvgIpc) is 3.01. The van der Waals surface area contributed by atoms with Gasteiger partial charge in [-0.05, 0) is 36.6 Å². The van der Waals surface area contributed by atoms with Crippen LogP contribution in [-0.2, 0) is 4.79 Å². The molecule has 144 valence electrons. The quantitative estimate of drug-likeness (QED) is 0.589. The number of aliphatic hydroxyl groups is 1. The zero-order valence-corrected chi connectivity index (χ0v) is 16.3. The number of rotatable bonds is 5. The normalized spacial score (nSPS) is 16.8. The molecule has 0 aliphatic carbocycles. The number of carbonyl (C=O) groups is 1.